The van der Waals surface area contributed by atoms with Crippen LogP contribution >= 0.6 is 11.8 Å². The second-order valence-electron chi connectivity index (χ2n) is 2.97. The van der Waals surface area contributed by atoms with Gasteiger partial charge in [0.15, 0.2) is 0 Å². The van der Waals surface area contributed by atoms with E-state index in [1.807, 2.05) is 52.3 Å². The van der Waals surface area contributed by atoms with Crippen molar-refractivity contribution in [3.8, 4) is 0 Å². The number of allylic oxidation sites excluding steroid dienone is 3. The molecule has 0 amide bonds. The molecule has 3 nitrogen and oxygen atoms in total. The van der Waals surface area contributed by atoms with E-state index in [0.29, 0.717) is 18.3 Å². The highest BCUT2D eigenvalue weighted by molar-refractivity contribution is 7.99. The summed E-state index contributed by atoms with van der Waals surface area (Å²) in [5.74, 6) is 0. The third kappa shape index (κ3) is 13.1. The van der Waals surface area contributed by atoms with Crippen LogP contribution in [-0.4, -0.2) is 31.6 Å². The lowest BCUT2D eigenvalue weighted by atomic mass is 10.4. The average Bonchev–Trinajstić information content (AvgIpc) is 2.33. The monoisotopic (exact) mass is 245 g/mol. The fourth-order valence-electron chi connectivity index (χ4n) is 0.746. The molecule has 0 aromatic rings. The highest BCUT2D eigenvalue weighted by Gasteiger charge is 1.95. The van der Waals surface area contributed by atoms with Crippen LogP contribution in [0.5, 0.6) is 0 Å². The predicted octanol–water partition coefficient (Wildman–Crippen LogP) is 2.60. The van der Waals surface area contributed by atoms with E-state index in [0.717, 1.165) is 5.70 Å². The van der Waals surface area contributed by atoms with E-state index in [2.05, 4.69) is 10.1 Å². The minimum atomic E-state index is 0.417. The van der Waals surface area contributed by atoms with E-state index >= 15 is 0 Å². The smallest absolute Gasteiger partial charge is 0.293 e. The van der Waals surface area contributed by atoms with Gasteiger partial charge in [0.1, 0.15) is 6.61 Å². The second kappa shape index (κ2) is 14.1. The summed E-state index contributed by atoms with van der Waals surface area (Å²) in [6.45, 7) is 7.01. The Balaban J connectivity index is 0. The summed E-state index contributed by atoms with van der Waals surface area (Å²) in [4.78, 5) is 9.59. The molecule has 16 heavy (non-hydrogen) atoms. The first-order chi connectivity index (χ1) is 7.65. The molecule has 94 valence electrons. The van der Waals surface area contributed by atoms with Crippen molar-refractivity contribution in [2.24, 2.45) is 0 Å². The molecule has 1 atom stereocenters. The molecule has 1 unspecified atom stereocenters. The van der Waals surface area contributed by atoms with Gasteiger partial charge >= 0.3 is 0 Å². The van der Waals surface area contributed by atoms with Crippen LogP contribution in [0.15, 0.2) is 23.9 Å². The van der Waals surface area contributed by atoms with Crippen LogP contribution in [0.25, 0.3) is 0 Å². The first-order valence-electron chi connectivity index (χ1n) is 5.21. The number of hydrogen-bond donors (Lipinski definition) is 1. The van der Waals surface area contributed by atoms with Crippen LogP contribution in [0.4, 0.5) is 0 Å². The first kappa shape index (κ1) is 17.5. The van der Waals surface area contributed by atoms with E-state index in [-0.39, 0.29) is 0 Å². The van der Waals surface area contributed by atoms with Gasteiger partial charge in [0.25, 0.3) is 6.47 Å². The van der Waals surface area contributed by atoms with Gasteiger partial charge in [0, 0.05) is 18.0 Å². The molecule has 0 aliphatic heterocycles. The van der Waals surface area contributed by atoms with Crippen molar-refractivity contribution < 1.29 is 9.53 Å². The Kier molecular flexibility index (Phi) is 15.4. The molecule has 1 N–H and O–H groups in total. The Bertz CT molecular complexity index is 212. The van der Waals surface area contributed by atoms with E-state index in [1.54, 1.807) is 11.8 Å². The summed E-state index contributed by atoms with van der Waals surface area (Å²) >= 11 is 1.68. The fraction of sp³-hybridized carbons (Fsp3) is 0.583. The van der Waals surface area contributed by atoms with Crippen LogP contribution in [0.2, 0.25) is 0 Å². The predicted molar refractivity (Wildman–Crippen MR) is 72.6 cm³/mol. The average molecular weight is 245 g/mol. The summed E-state index contributed by atoms with van der Waals surface area (Å²) in [6.07, 6.45) is 8.05. The zero-order chi connectivity index (χ0) is 12.8. The third-order valence-corrected chi connectivity index (χ3v) is 2.69. The Labute approximate surface area is 103 Å². The van der Waals surface area contributed by atoms with Gasteiger partial charge in [0.2, 0.25) is 0 Å². The fourth-order valence-corrected chi connectivity index (χ4v) is 0.961. The molecule has 0 bridgehead atoms. The molecule has 0 radical (unpaired) electrons. The van der Waals surface area contributed by atoms with Crippen molar-refractivity contribution in [2.45, 2.75) is 26.0 Å². The van der Waals surface area contributed by atoms with E-state index in [4.69, 9.17) is 0 Å². The van der Waals surface area contributed by atoms with Crippen LogP contribution in [-0.2, 0) is 9.53 Å². The highest BCUT2D eigenvalue weighted by Crippen LogP contribution is 2.03. The Hall–Kier alpha value is -0.900. The SMILES string of the molecule is C/C=C(/C=C/C)NC.CSC(C)COC=O. The number of rotatable bonds is 6. The van der Waals surface area contributed by atoms with Gasteiger partial charge in [-0.25, -0.2) is 0 Å². The zero-order valence-corrected chi connectivity index (χ0v) is 11.6. The summed E-state index contributed by atoms with van der Waals surface area (Å²) in [7, 11) is 1.91. The van der Waals surface area contributed by atoms with Crippen molar-refractivity contribution >= 4 is 18.2 Å². The van der Waals surface area contributed by atoms with Crippen LogP contribution in [0, 0.1) is 0 Å². The summed E-state index contributed by atoms with van der Waals surface area (Å²) < 4.78 is 4.48. The zero-order valence-electron chi connectivity index (χ0n) is 10.8. The lowest BCUT2D eigenvalue weighted by Gasteiger charge is -2.03. The molecule has 0 aliphatic carbocycles. The van der Waals surface area contributed by atoms with Crippen molar-refractivity contribution in [3.63, 3.8) is 0 Å². The van der Waals surface area contributed by atoms with Gasteiger partial charge in [-0.2, -0.15) is 11.8 Å². The van der Waals surface area contributed by atoms with Crippen molar-refractivity contribution in [1.29, 1.82) is 0 Å². The van der Waals surface area contributed by atoms with Crippen molar-refractivity contribution in [2.75, 3.05) is 19.9 Å². The van der Waals surface area contributed by atoms with Gasteiger partial charge < -0.3 is 10.1 Å². The summed E-state index contributed by atoms with van der Waals surface area (Å²) in [5, 5.41) is 3.44. The largest absolute Gasteiger partial charge is 0.467 e. The highest BCUT2D eigenvalue weighted by atomic mass is 32.2. The lowest BCUT2D eigenvalue weighted by Crippen LogP contribution is -2.05. The molecule has 0 aliphatic rings. The standard InChI is InChI=1S/C7H13N.C5H10O2S/c1-4-6-7(5-2)8-3;1-5(8-2)3-7-4-6/h4-6,8H,1-3H3;4-5H,3H2,1-2H3/b6-4+,7-5-;. The van der Waals surface area contributed by atoms with Gasteiger partial charge in [-0.15, -0.1) is 0 Å². The Morgan fingerprint density at radius 1 is 1.50 bits per heavy atom. The van der Waals surface area contributed by atoms with Crippen LogP contribution < -0.4 is 5.32 Å². The normalized spacial score (nSPS) is 12.7. The number of carbonyl (C=O) groups is 1. The van der Waals surface area contributed by atoms with Gasteiger partial charge in [0.05, 0.1) is 0 Å². The number of nitrogens with one attached hydrogen (secondary N) is 1. The molecular formula is C12H23NO2S. The Morgan fingerprint density at radius 3 is 2.38 bits per heavy atom. The molecule has 0 aromatic carbocycles. The number of likely N-dealkylation sites (N-methyl/N-ethyl adjacent to an activating group) is 1. The molecule has 0 saturated heterocycles. The number of thioether (sulfide) groups is 1. The van der Waals surface area contributed by atoms with Gasteiger partial charge in [-0.05, 0) is 26.2 Å². The van der Waals surface area contributed by atoms with Crippen LogP contribution in [0.1, 0.15) is 20.8 Å². The third-order valence-electron chi connectivity index (χ3n) is 1.75. The molecule has 0 saturated carbocycles. The Morgan fingerprint density at radius 2 is 2.12 bits per heavy atom. The minimum Gasteiger partial charge on any atom is -0.467 e. The molecule has 0 aromatic heterocycles. The molecule has 4 heteroatoms. The molecule has 0 fully saturated rings. The van der Waals surface area contributed by atoms with Crippen molar-refractivity contribution in [3.05, 3.63) is 23.9 Å². The number of carbonyl (C=O) groups excluding carboxylic acids is 1. The topological polar surface area (TPSA) is 38.3 Å². The summed E-state index contributed by atoms with van der Waals surface area (Å²) in [6, 6.07) is 0. The molecule has 0 spiro atoms. The van der Waals surface area contributed by atoms with Crippen LogP contribution in [0.3, 0.4) is 0 Å². The first-order valence-corrected chi connectivity index (χ1v) is 6.49. The maximum atomic E-state index is 9.59. The summed E-state index contributed by atoms with van der Waals surface area (Å²) in [5.41, 5.74) is 1.16. The quantitative estimate of drug-likeness (QED) is 0.576. The van der Waals surface area contributed by atoms with Crippen molar-refractivity contribution in [1.82, 2.24) is 5.32 Å². The van der Waals surface area contributed by atoms with Gasteiger partial charge in [-0.1, -0.05) is 19.1 Å². The maximum absolute atomic E-state index is 9.59. The van der Waals surface area contributed by atoms with E-state index in [1.165, 1.54) is 0 Å². The molecular weight excluding hydrogens is 222 g/mol. The molecule has 0 rings (SSSR count). The second-order valence-corrected chi connectivity index (χ2v) is 4.25. The van der Waals surface area contributed by atoms with E-state index in [9.17, 15) is 4.79 Å². The molecule has 0 heterocycles. The minimum absolute atomic E-state index is 0.417. The lowest BCUT2D eigenvalue weighted by molar-refractivity contribution is -0.128. The van der Waals surface area contributed by atoms with E-state index < -0.39 is 0 Å². The maximum Gasteiger partial charge on any atom is 0.293 e. The number of ether oxygens (including phenoxy) is 1. The number of hydrogen-bond acceptors (Lipinski definition) is 4. The van der Waals surface area contributed by atoms with Gasteiger partial charge in [-0.3, -0.25) is 4.79 Å².